The Kier molecular flexibility index (Phi) is 15.8. The summed E-state index contributed by atoms with van der Waals surface area (Å²) >= 11 is 0. The number of hydrogen-bond acceptors (Lipinski definition) is 13. The lowest BCUT2D eigenvalue weighted by atomic mass is 9.53. The molecule has 7 aliphatic rings. The van der Waals surface area contributed by atoms with E-state index in [1.807, 2.05) is 34.9 Å². The van der Waals surface area contributed by atoms with E-state index in [2.05, 4.69) is 24.7 Å². The van der Waals surface area contributed by atoms with Crippen LogP contribution in [-0.2, 0) is 38.2 Å². The Balaban J connectivity index is 1.08. The number of aliphatic hydroxyl groups is 6. The van der Waals surface area contributed by atoms with E-state index in [9.17, 15) is 45.8 Å². The van der Waals surface area contributed by atoms with Gasteiger partial charge in [0.25, 0.3) is 0 Å². The van der Waals surface area contributed by atoms with Crippen molar-refractivity contribution in [3.8, 4) is 23.8 Å². The van der Waals surface area contributed by atoms with Crippen LogP contribution < -0.4 is 4.74 Å². The van der Waals surface area contributed by atoms with Gasteiger partial charge in [-0.15, -0.1) is 6.58 Å². The number of aromatic nitrogens is 1. The van der Waals surface area contributed by atoms with Gasteiger partial charge in [-0.2, -0.15) is 5.26 Å². The quantitative estimate of drug-likeness (QED) is 0.0593. The molecule has 5 heterocycles. The first-order valence-electron chi connectivity index (χ1n) is 26.2. The van der Waals surface area contributed by atoms with Crippen molar-refractivity contribution >= 4 is 5.97 Å². The first kappa shape index (κ1) is 52.7. The molecule has 0 radical (unpaired) electrons. The van der Waals surface area contributed by atoms with Crippen molar-refractivity contribution in [2.75, 3.05) is 26.9 Å². The first-order chi connectivity index (χ1) is 35.3. The van der Waals surface area contributed by atoms with Gasteiger partial charge in [-0.25, -0.2) is 4.79 Å². The van der Waals surface area contributed by atoms with E-state index in [0.29, 0.717) is 56.3 Å². The van der Waals surface area contributed by atoms with Gasteiger partial charge in [0.1, 0.15) is 42.3 Å². The second-order valence-corrected chi connectivity index (χ2v) is 21.9. The number of benzene rings is 2. The number of carboxylic acids is 1. The van der Waals surface area contributed by atoms with Crippen molar-refractivity contribution in [2.45, 2.75) is 150 Å². The Bertz CT molecular complexity index is 2560. The van der Waals surface area contributed by atoms with Gasteiger partial charge < -0.3 is 64.0 Å². The largest absolute Gasteiger partial charge is 0.486 e. The lowest BCUT2D eigenvalue weighted by Gasteiger charge is -2.55. The summed E-state index contributed by atoms with van der Waals surface area (Å²) in [5.41, 5.74) is -0.369. The zero-order valence-electron chi connectivity index (χ0n) is 41.8. The van der Waals surface area contributed by atoms with Crippen molar-refractivity contribution in [2.24, 2.45) is 34.5 Å². The van der Waals surface area contributed by atoms with Crippen LogP contribution in [0.5, 0.6) is 5.75 Å². The van der Waals surface area contributed by atoms with E-state index >= 15 is 0 Å². The van der Waals surface area contributed by atoms with Gasteiger partial charge >= 0.3 is 5.97 Å². The number of rotatable bonds is 17. The number of fused-ring (bicyclic) bond motifs is 8. The smallest absolute Gasteiger partial charge is 0.335 e. The Labute approximate surface area is 428 Å². The highest BCUT2D eigenvalue weighted by molar-refractivity contribution is 5.87. The Morgan fingerprint density at radius 3 is 2.56 bits per heavy atom. The number of nitriles is 1. The third-order valence-corrected chi connectivity index (χ3v) is 18.0. The minimum absolute atomic E-state index is 0.00590. The summed E-state index contributed by atoms with van der Waals surface area (Å²) in [4.78, 5) is 11.7. The normalized spacial score (nSPS) is 33.9. The fourth-order valence-corrected chi connectivity index (χ4v) is 14.6. The molecule has 4 fully saturated rings. The third kappa shape index (κ3) is 10.1. The molecule has 3 aliphatic carbocycles. The van der Waals surface area contributed by atoms with E-state index in [1.165, 1.54) is 0 Å². The fourth-order valence-electron chi connectivity index (χ4n) is 14.6. The zero-order chi connectivity index (χ0) is 51.5. The SMILES string of the molecule is C=CCc1ccc(O[C@H]2O[C@H]3[C@@H](O)[C@H](O)[C@]24C[C@@H]([C@@H](O)CC#CO[C@H]3CCCO)[C@@]2(C=CO4)CC[C@@H]3C4(CCCC4)[C@H](Cc4ccc(C(=O)O)cc4)C[C@@]3(O)C2)cc1C[C@@H](COC)[C@@H](CO)n1ccc(C#N)c1. The van der Waals surface area contributed by atoms with E-state index in [4.69, 9.17) is 23.7 Å². The average molecular weight is 1010 g/mol. The van der Waals surface area contributed by atoms with Crippen LogP contribution in [0.1, 0.15) is 116 Å². The van der Waals surface area contributed by atoms with Gasteiger partial charge in [-0.3, -0.25) is 0 Å². The number of ether oxygens (including phenoxy) is 5. The van der Waals surface area contributed by atoms with E-state index in [1.54, 1.807) is 56.1 Å². The number of aromatic carboxylic acids is 1. The van der Waals surface area contributed by atoms with Gasteiger partial charge in [0.15, 0.2) is 5.60 Å². The molecule has 14 atom stereocenters. The predicted molar refractivity (Wildman–Crippen MR) is 267 cm³/mol. The summed E-state index contributed by atoms with van der Waals surface area (Å²) in [6.45, 7) is 3.90. The molecule has 2 aromatic carbocycles. The molecule has 1 aromatic heterocycles. The molecule has 3 spiro atoms. The second-order valence-electron chi connectivity index (χ2n) is 21.9. The van der Waals surface area contributed by atoms with Crippen LogP contribution in [0.15, 0.2) is 85.9 Å². The van der Waals surface area contributed by atoms with Gasteiger partial charge in [0, 0.05) is 44.9 Å². The first-order valence-corrected chi connectivity index (χ1v) is 26.2. The summed E-state index contributed by atoms with van der Waals surface area (Å²) in [6.07, 6.45) is 12.0. The summed E-state index contributed by atoms with van der Waals surface area (Å²) in [5, 5.41) is 90.6. The number of nitrogens with zero attached hydrogens (tertiary/aromatic N) is 2. The molecule has 10 rings (SSSR count). The molecule has 392 valence electrons. The topological polar surface area (TPSA) is 234 Å². The van der Waals surface area contributed by atoms with Crippen LogP contribution in [0.4, 0.5) is 0 Å². The highest BCUT2D eigenvalue weighted by atomic mass is 16.7. The highest BCUT2D eigenvalue weighted by Gasteiger charge is 2.69. The summed E-state index contributed by atoms with van der Waals surface area (Å²) in [7, 11) is 1.60. The maximum absolute atomic E-state index is 13.3. The molecule has 7 N–H and O–H groups in total. The molecular weight excluding hydrogens is 933 g/mol. The van der Waals surface area contributed by atoms with Gasteiger partial charge in [0.2, 0.25) is 6.29 Å². The minimum Gasteiger partial charge on any atom is -0.486 e. The molecule has 3 bridgehead atoms. The minimum atomic E-state index is -1.82. The molecule has 15 nitrogen and oxygen atoms in total. The summed E-state index contributed by atoms with van der Waals surface area (Å²) in [5.74, 6) is 1.58. The van der Waals surface area contributed by atoms with Crippen molar-refractivity contribution in [1.29, 1.82) is 5.26 Å². The Morgan fingerprint density at radius 1 is 1.07 bits per heavy atom. The molecule has 0 amide bonds. The van der Waals surface area contributed by atoms with Gasteiger partial charge in [-0.1, -0.05) is 43.0 Å². The standard InChI is InChI=1S/C58H72N2O13/c1-3-8-39-15-16-44(29-41(39)28-42(35-69-2)46(34-62)60-23-18-38(32-59)33-60)72-54-58-31-45(47(63)9-7-25-70-48(10-6-24-61)51(73-54)50(64)52(58)65)55(22-26-71-58)21-17-49-56(19-4-5-20-56)43(30-57(49,68)36-55)27-37-11-13-40(14-12-37)53(66)67/h3,11-16,18,22-23,26,29,33,42-43,45-52,54,61-65,68H,1,4-6,8-10,17,19-21,24,27-28,30-31,34-36H2,2H3,(H,66,67)/t42-,43+,45-,46+,47-,48-,49+,50+,51+,52-,54-,55+,57+,58+/m0/s1. The highest BCUT2D eigenvalue weighted by Crippen LogP contribution is 2.69. The lowest BCUT2D eigenvalue weighted by molar-refractivity contribution is -0.334. The van der Waals surface area contributed by atoms with E-state index in [0.717, 1.165) is 42.4 Å². The third-order valence-electron chi connectivity index (χ3n) is 18.0. The van der Waals surface area contributed by atoms with Crippen LogP contribution in [0, 0.1) is 57.9 Å². The molecule has 3 aromatic rings. The van der Waals surface area contributed by atoms with E-state index < -0.39 is 71.4 Å². The van der Waals surface area contributed by atoms with Crippen molar-refractivity contribution in [3.05, 3.63) is 114 Å². The number of methoxy groups -OCH3 is 1. The Hall–Kier alpha value is -5.20. The van der Waals surface area contributed by atoms with E-state index in [-0.39, 0.29) is 74.2 Å². The van der Waals surface area contributed by atoms with Crippen LogP contribution in [0.25, 0.3) is 0 Å². The molecule has 1 saturated heterocycles. The van der Waals surface area contributed by atoms with Crippen LogP contribution in [0.2, 0.25) is 0 Å². The molecule has 73 heavy (non-hydrogen) atoms. The predicted octanol–water partition coefficient (Wildman–Crippen LogP) is 6.16. The Morgan fingerprint density at radius 2 is 1.86 bits per heavy atom. The van der Waals surface area contributed by atoms with Crippen molar-refractivity contribution < 1.29 is 64.2 Å². The second kappa shape index (κ2) is 21.9. The van der Waals surface area contributed by atoms with Crippen molar-refractivity contribution in [3.63, 3.8) is 0 Å². The maximum Gasteiger partial charge on any atom is 0.335 e. The average Bonchev–Trinajstić information content (AvgIpc) is 4.09. The number of allylic oxidation sites excluding steroid dienone is 2. The number of aliphatic hydroxyl groups excluding tert-OH is 5. The number of hydrogen-bond donors (Lipinski definition) is 7. The van der Waals surface area contributed by atoms with Gasteiger partial charge in [-0.05, 0) is 152 Å². The number of carboxylic acid groups (broad SMARTS) is 1. The molecular formula is C58H72N2O13. The monoisotopic (exact) mass is 1000 g/mol. The molecule has 0 unspecified atom stereocenters. The van der Waals surface area contributed by atoms with Crippen LogP contribution in [0.3, 0.4) is 0 Å². The van der Waals surface area contributed by atoms with Crippen LogP contribution in [-0.4, -0.2) is 121 Å². The molecule has 3 saturated carbocycles. The number of carbonyl (C=O) groups is 1. The summed E-state index contributed by atoms with van der Waals surface area (Å²) in [6, 6.07) is 16.1. The molecule has 4 aliphatic heterocycles. The zero-order valence-corrected chi connectivity index (χ0v) is 41.8. The van der Waals surface area contributed by atoms with Crippen molar-refractivity contribution in [1.82, 2.24) is 4.57 Å². The van der Waals surface area contributed by atoms with Crippen LogP contribution >= 0.6 is 0 Å². The maximum atomic E-state index is 13.3. The molecule has 15 heteroatoms. The fraction of sp³-hybridized carbons (Fsp3) is 0.586. The lowest BCUT2D eigenvalue weighted by Crippen LogP contribution is -2.70. The van der Waals surface area contributed by atoms with Gasteiger partial charge in [0.05, 0.1) is 48.3 Å². The summed E-state index contributed by atoms with van der Waals surface area (Å²) < 4.78 is 34.2.